The number of likely N-dealkylation sites (tertiary alicyclic amines) is 1. The SMILES string of the molecule is CC(=O)Nc1cccc(OC(C)C)c1CCC(CCN1CCC(c2ccccc2)CC1)c1ccc(Cl)c(Cl)c1.Cl. The van der Waals surface area contributed by atoms with Gasteiger partial charge in [-0.1, -0.05) is 65.7 Å². The highest BCUT2D eigenvalue weighted by Gasteiger charge is 2.23. The lowest BCUT2D eigenvalue weighted by Gasteiger charge is -2.33. The van der Waals surface area contributed by atoms with Gasteiger partial charge in [-0.3, -0.25) is 4.79 Å². The first-order valence-corrected chi connectivity index (χ1v) is 14.8. The monoisotopic (exact) mass is 602 g/mol. The van der Waals surface area contributed by atoms with Crippen molar-refractivity contribution in [1.82, 2.24) is 4.90 Å². The smallest absolute Gasteiger partial charge is 0.221 e. The molecule has 0 saturated carbocycles. The average Bonchev–Trinajstić information content (AvgIpc) is 2.92. The lowest BCUT2D eigenvalue weighted by Crippen LogP contribution is -2.34. The summed E-state index contributed by atoms with van der Waals surface area (Å²) in [7, 11) is 0. The zero-order chi connectivity index (χ0) is 27.8. The van der Waals surface area contributed by atoms with Crippen molar-refractivity contribution in [1.29, 1.82) is 0 Å². The summed E-state index contributed by atoms with van der Waals surface area (Å²) in [5, 5.41) is 4.17. The number of benzene rings is 3. The van der Waals surface area contributed by atoms with Crippen molar-refractivity contribution in [3.8, 4) is 5.75 Å². The lowest BCUT2D eigenvalue weighted by molar-refractivity contribution is -0.114. The van der Waals surface area contributed by atoms with E-state index in [1.807, 2.05) is 44.2 Å². The molecule has 1 unspecified atom stereocenters. The Hall–Kier alpha value is -2.24. The topological polar surface area (TPSA) is 41.6 Å². The Balaban J connectivity index is 0.00000441. The van der Waals surface area contributed by atoms with Crippen molar-refractivity contribution in [2.75, 3.05) is 25.0 Å². The lowest BCUT2D eigenvalue weighted by atomic mass is 9.87. The zero-order valence-electron chi connectivity index (χ0n) is 23.7. The normalized spacial score (nSPS) is 14.9. The molecule has 1 N–H and O–H groups in total. The number of nitrogens with zero attached hydrogens (tertiary/aromatic N) is 1. The van der Waals surface area contributed by atoms with Gasteiger partial charge in [-0.2, -0.15) is 0 Å². The summed E-state index contributed by atoms with van der Waals surface area (Å²) in [6, 6.07) is 22.8. The Bertz CT molecular complexity index is 1230. The Labute approximate surface area is 255 Å². The molecule has 3 aromatic rings. The van der Waals surface area contributed by atoms with Gasteiger partial charge < -0.3 is 15.0 Å². The minimum Gasteiger partial charge on any atom is -0.491 e. The van der Waals surface area contributed by atoms with E-state index < -0.39 is 0 Å². The molecule has 40 heavy (non-hydrogen) atoms. The van der Waals surface area contributed by atoms with Crippen LogP contribution in [0.2, 0.25) is 10.0 Å². The fourth-order valence-corrected chi connectivity index (χ4v) is 5.92. The van der Waals surface area contributed by atoms with E-state index in [9.17, 15) is 4.79 Å². The van der Waals surface area contributed by atoms with Crippen LogP contribution < -0.4 is 10.1 Å². The molecule has 7 heteroatoms. The molecule has 1 aliphatic rings. The Morgan fingerprint density at radius 2 is 1.70 bits per heavy atom. The first-order valence-electron chi connectivity index (χ1n) is 14.1. The third-order valence-electron chi connectivity index (χ3n) is 7.62. The van der Waals surface area contributed by atoms with E-state index in [0.717, 1.165) is 55.9 Å². The van der Waals surface area contributed by atoms with Gasteiger partial charge in [0.1, 0.15) is 5.75 Å². The van der Waals surface area contributed by atoms with Crippen LogP contribution in [0.4, 0.5) is 5.69 Å². The zero-order valence-corrected chi connectivity index (χ0v) is 26.0. The molecule has 1 aliphatic heterocycles. The first-order chi connectivity index (χ1) is 18.8. The number of piperidine rings is 1. The number of rotatable bonds is 11. The van der Waals surface area contributed by atoms with Crippen LogP contribution in [0.1, 0.15) is 75.0 Å². The highest BCUT2D eigenvalue weighted by atomic mass is 35.5. The quantitative estimate of drug-likeness (QED) is 0.238. The second-order valence-corrected chi connectivity index (χ2v) is 11.7. The summed E-state index contributed by atoms with van der Waals surface area (Å²) in [4.78, 5) is 14.5. The van der Waals surface area contributed by atoms with Crippen LogP contribution >= 0.6 is 35.6 Å². The molecule has 0 spiro atoms. The molecule has 3 aromatic carbocycles. The number of hydrogen-bond acceptors (Lipinski definition) is 3. The van der Waals surface area contributed by atoms with Crippen molar-refractivity contribution in [2.45, 2.75) is 70.8 Å². The molecule has 1 atom stereocenters. The Morgan fingerprint density at radius 3 is 2.35 bits per heavy atom. The third kappa shape index (κ3) is 9.14. The average molecular weight is 604 g/mol. The molecule has 0 bridgehead atoms. The van der Waals surface area contributed by atoms with E-state index in [2.05, 4.69) is 46.6 Å². The predicted octanol–water partition coefficient (Wildman–Crippen LogP) is 9.15. The summed E-state index contributed by atoms with van der Waals surface area (Å²) in [6.45, 7) is 8.85. The van der Waals surface area contributed by atoms with Crippen molar-refractivity contribution >= 4 is 47.2 Å². The number of halogens is 3. The molecular weight excluding hydrogens is 563 g/mol. The molecule has 4 rings (SSSR count). The van der Waals surface area contributed by atoms with Gasteiger partial charge in [-0.15, -0.1) is 12.4 Å². The first kappa shape index (κ1) is 32.3. The number of anilines is 1. The minimum absolute atomic E-state index is 0. The standard InChI is InChI=1S/C33H40Cl2N2O2.ClH/c1-23(2)39-33-11-7-10-32(36-24(3)38)29(33)14-12-26(28-13-15-30(34)31(35)22-28)16-19-37-20-17-27(18-21-37)25-8-5-4-6-9-25;/h4-11,13,15,22-23,26-27H,12,14,16-21H2,1-3H3,(H,36,38);1H. The second-order valence-electron chi connectivity index (χ2n) is 10.9. The van der Waals surface area contributed by atoms with Crippen LogP contribution in [0.3, 0.4) is 0 Å². The van der Waals surface area contributed by atoms with Crippen LogP contribution in [-0.4, -0.2) is 36.5 Å². The van der Waals surface area contributed by atoms with Crippen LogP contribution in [-0.2, 0) is 11.2 Å². The molecule has 216 valence electrons. The summed E-state index contributed by atoms with van der Waals surface area (Å²) in [6.07, 6.45) is 5.14. The van der Waals surface area contributed by atoms with Crippen molar-refractivity contribution in [2.24, 2.45) is 0 Å². The van der Waals surface area contributed by atoms with Crippen LogP contribution in [0.15, 0.2) is 66.7 Å². The summed E-state index contributed by atoms with van der Waals surface area (Å²) in [5.74, 6) is 1.69. The van der Waals surface area contributed by atoms with Gasteiger partial charge in [-0.05, 0) is 113 Å². The predicted molar refractivity (Wildman–Crippen MR) is 171 cm³/mol. The molecular formula is C33H41Cl3N2O2. The van der Waals surface area contributed by atoms with E-state index in [4.69, 9.17) is 27.9 Å². The number of carbonyl (C=O) groups excluding carboxylic acids is 1. The van der Waals surface area contributed by atoms with E-state index >= 15 is 0 Å². The van der Waals surface area contributed by atoms with Crippen molar-refractivity contribution < 1.29 is 9.53 Å². The van der Waals surface area contributed by atoms with Gasteiger partial charge in [-0.25, -0.2) is 0 Å². The second kappa shape index (κ2) is 15.7. The van der Waals surface area contributed by atoms with Gasteiger partial charge >= 0.3 is 0 Å². The fourth-order valence-electron chi connectivity index (χ4n) is 5.61. The summed E-state index contributed by atoms with van der Waals surface area (Å²) in [5.41, 5.74) is 4.52. The molecule has 0 aromatic heterocycles. The van der Waals surface area contributed by atoms with E-state index in [0.29, 0.717) is 21.9 Å². The maximum Gasteiger partial charge on any atom is 0.221 e. The van der Waals surface area contributed by atoms with E-state index in [1.165, 1.54) is 24.0 Å². The van der Waals surface area contributed by atoms with Crippen LogP contribution in [0.5, 0.6) is 5.75 Å². The number of ether oxygens (including phenoxy) is 1. The molecule has 1 fully saturated rings. The number of hydrogen-bond donors (Lipinski definition) is 1. The maximum atomic E-state index is 11.9. The molecule has 4 nitrogen and oxygen atoms in total. The largest absolute Gasteiger partial charge is 0.491 e. The van der Waals surface area contributed by atoms with Crippen LogP contribution in [0.25, 0.3) is 0 Å². The summed E-state index contributed by atoms with van der Waals surface area (Å²) < 4.78 is 6.14. The van der Waals surface area contributed by atoms with Gasteiger partial charge in [0.15, 0.2) is 0 Å². The van der Waals surface area contributed by atoms with Gasteiger partial charge in [0.2, 0.25) is 5.91 Å². The van der Waals surface area contributed by atoms with Gasteiger partial charge in [0.25, 0.3) is 0 Å². The molecule has 1 amide bonds. The van der Waals surface area contributed by atoms with Crippen molar-refractivity contribution in [3.63, 3.8) is 0 Å². The van der Waals surface area contributed by atoms with E-state index in [-0.39, 0.29) is 24.4 Å². The molecule has 0 aliphatic carbocycles. The van der Waals surface area contributed by atoms with Gasteiger partial charge in [0.05, 0.1) is 16.1 Å². The molecule has 1 saturated heterocycles. The Kier molecular flexibility index (Phi) is 12.6. The highest BCUT2D eigenvalue weighted by molar-refractivity contribution is 6.42. The Morgan fingerprint density at radius 1 is 0.975 bits per heavy atom. The minimum atomic E-state index is -0.0853. The molecule has 0 radical (unpaired) electrons. The third-order valence-corrected chi connectivity index (χ3v) is 8.36. The maximum absolute atomic E-state index is 11.9. The highest BCUT2D eigenvalue weighted by Crippen LogP contribution is 2.36. The van der Waals surface area contributed by atoms with E-state index in [1.54, 1.807) is 6.92 Å². The number of amides is 1. The van der Waals surface area contributed by atoms with Gasteiger partial charge in [0, 0.05) is 18.2 Å². The number of nitrogens with one attached hydrogen (secondary N) is 1. The van der Waals surface area contributed by atoms with Crippen molar-refractivity contribution in [3.05, 3.63) is 93.5 Å². The summed E-state index contributed by atoms with van der Waals surface area (Å²) >= 11 is 12.7. The van der Waals surface area contributed by atoms with Crippen LogP contribution in [0, 0.1) is 0 Å². The number of carbonyl (C=O) groups is 1. The fraction of sp³-hybridized carbons (Fsp3) is 0.424. The molecule has 1 heterocycles.